The molecule has 0 unspecified atom stereocenters. The molecule has 0 amide bonds. The number of rotatable bonds is 2. The van der Waals surface area contributed by atoms with Crippen molar-refractivity contribution in [3.8, 4) is 0 Å². The lowest BCUT2D eigenvalue weighted by Gasteiger charge is -2.19. The molecule has 0 spiro atoms. The molecule has 8 heavy (non-hydrogen) atoms. The molecule has 0 bridgehead atoms. The van der Waals surface area contributed by atoms with Crippen LogP contribution < -0.4 is 0 Å². The van der Waals surface area contributed by atoms with Crippen molar-refractivity contribution in [2.75, 3.05) is 7.11 Å². The Morgan fingerprint density at radius 2 is 1.75 bits per heavy atom. The summed E-state index contributed by atoms with van der Waals surface area (Å²) in [5, 5.41) is 0. The van der Waals surface area contributed by atoms with E-state index in [1.54, 1.807) is 7.11 Å². The minimum absolute atomic E-state index is 0. The molecule has 0 aromatic carbocycles. The normalized spacial score (nSPS) is 10.5. The molecular weight excluding hydrogens is 120 g/mol. The molecule has 0 aromatic heterocycles. The lowest BCUT2D eigenvalue weighted by Crippen LogP contribution is -2.20. The van der Waals surface area contributed by atoms with Gasteiger partial charge in [0.1, 0.15) is 0 Å². The van der Waals surface area contributed by atoms with Crippen molar-refractivity contribution >= 4 is 13.5 Å². The first-order valence-electron chi connectivity index (χ1n) is 2.67. The van der Waals surface area contributed by atoms with Gasteiger partial charge in [0.2, 0.25) is 0 Å². The second-order valence-corrected chi connectivity index (χ2v) is 2.32. The monoisotopic (exact) mass is 136 g/mol. The van der Waals surface area contributed by atoms with Crippen LogP contribution in [0.25, 0.3) is 0 Å². The minimum atomic E-state index is 0. The van der Waals surface area contributed by atoms with Crippen molar-refractivity contribution in [1.82, 2.24) is 0 Å². The summed E-state index contributed by atoms with van der Waals surface area (Å²) in [5.41, 5.74) is 0.0833. The summed E-state index contributed by atoms with van der Waals surface area (Å²) in [6.07, 6.45) is 1.07. The first kappa shape index (κ1) is 11.2. The molecule has 0 fully saturated rings. The SMILES string of the molecule is CCC(C)(C)OC.S. The first-order valence-corrected chi connectivity index (χ1v) is 2.67. The minimum Gasteiger partial charge on any atom is -0.379 e. The van der Waals surface area contributed by atoms with E-state index in [4.69, 9.17) is 4.74 Å². The van der Waals surface area contributed by atoms with Gasteiger partial charge in [-0.3, -0.25) is 0 Å². The van der Waals surface area contributed by atoms with Crippen LogP contribution in [0.2, 0.25) is 0 Å². The maximum atomic E-state index is 5.09. The molecule has 0 saturated heterocycles. The second-order valence-electron chi connectivity index (χ2n) is 2.32. The van der Waals surface area contributed by atoms with Crippen molar-refractivity contribution in [2.45, 2.75) is 32.8 Å². The van der Waals surface area contributed by atoms with E-state index in [1.807, 2.05) is 0 Å². The average Bonchev–Trinajstić information content (AvgIpc) is 1.68. The fourth-order valence-corrected chi connectivity index (χ4v) is 0.144. The van der Waals surface area contributed by atoms with E-state index in [0.717, 1.165) is 6.42 Å². The topological polar surface area (TPSA) is 9.23 Å². The van der Waals surface area contributed by atoms with E-state index in [-0.39, 0.29) is 19.1 Å². The molecule has 0 radical (unpaired) electrons. The van der Waals surface area contributed by atoms with Crippen LogP contribution in [0.5, 0.6) is 0 Å². The Hall–Kier alpha value is 0.310. The van der Waals surface area contributed by atoms with Gasteiger partial charge in [-0.15, -0.1) is 0 Å². The maximum absolute atomic E-state index is 5.09. The van der Waals surface area contributed by atoms with Crippen molar-refractivity contribution in [3.63, 3.8) is 0 Å². The molecule has 52 valence electrons. The Bertz CT molecular complexity index is 46.5. The van der Waals surface area contributed by atoms with Crippen molar-refractivity contribution in [3.05, 3.63) is 0 Å². The fourth-order valence-electron chi connectivity index (χ4n) is 0.144. The second kappa shape index (κ2) is 4.21. The summed E-state index contributed by atoms with van der Waals surface area (Å²) in [5.74, 6) is 0. The Kier molecular flexibility index (Phi) is 5.88. The third kappa shape index (κ3) is 4.47. The zero-order valence-corrected chi connectivity index (χ0v) is 7.12. The predicted molar refractivity (Wildman–Crippen MR) is 41.8 cm³/mol. The van der Waals surface area contributed by atoms with Gasteiger partial charge in [0.05, 0.1) is 5.60 Å². The standard InChI is InChI=1S/C6H14O.H2S/c1-5-6(2,3)7-4;/h5H2,1-4H3;1H2. The van der Waals surface area contributed by atoms with Gasteiger partial charge in [0, 0.05) is 7.11 Å². The molecular formula is C6H16OS. The van der Waals surface area contributed by atoms with Gasteiger partial charge in [-0.2, -0.15) is 13.5 Å². The van der Waals surface area contributed by atoms with E-state index < -0.39 is 0 Å². The lowest BCUT2D eigenvalue weighted by atomic mass is 10.1. The van der Waals surface area contributed by atoms with Gasteiger partial charge in [0.25, 0.3) is 0 Å². The quantitative estimate of drug-likeness (QED) is 0.563. The summed E-state index contributed by atoms with van der Waals surface area (Å²) in [4.78, 5) is 0. The number of ether oxygens (including phenoxy) is 1. The van der Waals surface area contributed by atoms with Gasteiger partial charge in [-0.25, -0.2) is 0 Å². The molecule has 0 aliphatic heterocycles. The van der Waals surface area contributed by atoms with E-state index in [0.29, 0.717) is 0 Å². The highest BCUT2D eigenvalue weighted by atomic mass is 32.1. The Labute approximate surface area is 58.9 Å². The first-order chi connectivity index (χ1) is 3.12. The summed E-state index contributed by atoms with van der Waals surface area (Å²) in [6.45, 7) is 6.27. The number of hydrogen-bond donors (Lipinski definition) is 0. The van der Waals surface area contributed by atoms with Crippen LogP contribution in [0.3, 0.4) is 0 Å². The molecule has 1 nitrogen and oxygen atoms in total. The van der Waals surface area contributed by atoms with E-state index >= 15 is 0 Å². The Morgan fingerprint density at radius 1 is 1.38 bits per heavy atom. The number of methoxy groups -OCH3 is 1. The lowest BCUT2D eigenvalue weighted by molar-refractivity contribution is 0.0196. The van der Waals surface area contributed by atoms with Gasteiger partial charge in [-0.05, 0) is 20.3 Å². The van der Waals surface area contributed by atoms with Crippen molar-refractivity contribution in [2.24, 2.45) is 0 Å². The van der Waals surface area contributed by atoms with Crippen LogP contribution in [-0.2, 0) is 4.74 Å². The zero-order valence-electron chi connectivity index (χ0n) is 6.12. The zero-order chi connectivity index (χ0) is 5.91. The van der Waals surface area contributed by atoms with Gasteiger partial charge in [0.15, 0.2) is 0 Å². The average molecular weight is 136 g/mol. The smallest absolute Gasteiger partial charge is 0.0620 e. The van der Waals surface area contributed by atoms with Gasteiger partial charge >= 0.3 is 0 Å². The fraction of sp³-hybridized carbons (Fsp3) is 1.00. The van der Waals surface area contributed by atoms with E-state index in [9.17, 15) is 0 Å². The van der Waals surface area contributed by atoms with Crippen molar-refractivity contribution < 1.29 is 4.74 Å². The summed E-state index contributed by atoms with van der Waals surface area (Å²) >= 11 is 0. The Balaban J connectivity index is 0. The molecule has 0 N–H and O–H groups in total. The molecule has 0 heterocycles. The van der Waals surface area contributed by atoms with E-state index in [1.165, 1.54) is 0 Å². The van der Waals surface area contributed by atoms with Crippen LogP contribution in [0.4, 0.5) is 0 Å². The van der Waals surface area contributed by atoms with E-state index in [2.05, 4.69) is 20.8 Å². The third-order valence-corrected chi connectivity index (χ3v) is 1.40. The molecule has 0 saturated carbocycles. The summed E-state index contributed by atoms with van der Waals surface area (Å²) in [7, 11) is 1.74. The molecule has 0 aliphatic carbocycles. The third-order valence-electron chi connectivity index (χ3n) is 1.40. The van der Waals surface area contributed by atoms with Gasteiger partial charge < -0.3 is 4.74 Å². The van der Waals surface area contributed by atoms with Gasteiger partial charge in [-0.1, -0.05) is 6.92 Å². The predicted octanol–water partition coefficient (Wildman–Crippen LogP) is 1.93. The largest absolute Gasteiger partial charge is 0.379 e. The summed E-state index contributed by atoms with van der Waals surface area (Å²) < 4.78 is 5.09. The highest BCUT2D eigenvalue weighted by molar-refractivity contribution is 7.59. The van der Waals surface area contributed by atoms with Crippen LogP contribution in [0.15, 0.2) is 0 Å². The van der Waals surface area contributed by atoms with Crippen LogP contribution >= 0.6 is 13.5 Å². The van der Waals surface area contributed by atoms with Crippen LogP contribution in [0, 0.1) is 0 Å². The molecule has 0 aromatic rings. The van der Waals surface area contributed by atoms with Crippen molar-refractivity contribution in [1.29, 1.82) is 0 Å². The molecule has 0 aliphatic rings. The highest BCUT2D eigenvalue weighted by Crippen LogP contribution is 2.10. The molecule has 0 rings (SSSR count). The van der Waals surface area contributed by atoms with Crippen LogP contribution in [0.1, 0.15) is 27.2 Å². The Morgan fingerprint density at radius 3 is 1.75 bits per heavy atom. The number of hydrogen-bond acceptors (Lipinski definition) is 1. The molecule has 2 heteroatoms. The summed E-state index contributed by atoms with van der Waals surface area (Å²) in [6, 6.07) is 0. The van der Waals surface area contributed by atoms with Crippen LogP contribution in [-0.4, -0.2) is 12.7 Å². The molecule has 0 atom stereocenters. The highest BCUT2D eigenvalue weighted by Gasteiger charge is 2.10. The maximum Gasteiger partial charge on any atom is 0.0620 e.